The maximum Gasteiger partial charge on any atom is 0.162 e. The van der Waals surface area contributed by atoms with Crippen LogP contribution in [0.3, 0.4) is 0 Å². The van der Waals surface area contributed by atoms with E-state index in [1.165, 1.54) is 0 Å². The lowest BCUT2D eigenvalue weighted by atomic mass is 10.2. The van der Waals surface area contributed by atoms with E-state index in [-0.39, 0.29) is 0 Å². The van der Waals surface area contributed by atoms with Crippen LogP contribution in [0.2, 0.25) is 0 Å². The summed E-state index contributed by atoms with van der Waals surface area (Å²) in [5.41, 5.74) is 9.38. The first kappa shape index (κ1) is 13.4. The van der Waals surface area contributed by atoms with Gasteiger partial charge in [-0.25, -0.2) is 19.6 Å². The van der Waals surface area contributed by atoms with E-state index in [1.54, 1.807) is 17.1 Å². The average molecular weight is 305 g/mol. The largest absolute Gasteiger partial charge is 0.383 e. The number of nitrogens with two attached hydrogens (primary N) is 1. The summed E-state index contributed by atoms with van der Waals surface area (Å²) >= 11 is 0. The lowest BCUT2D eigenvalue weighted by molar-refractivity contribution is 0.835. The molecule has 7 nitrogen and oxygen atoms in total. The van der Waals surface area contributed by atoms with Crippen molar-refractivity contribution in [3.05, 3.63) is 48.4 Å². The van der Waals surface area contributed by atoms with Crippen LogP contribution in [0.4, 0.5) is 5.82 Å². The summed E-state index contributed by atoms with van der Waals surface area (Å²) < 4.78 is 3.68. The van der Waals surface area contributed by atoms with Gasteiger partial charge in [-0.1, -0.05) is 0 Å². The molecule has 0 aromatic carbocycles. The molecule has 0 spiro atoms. The number of nitrogens with zero attached hydrogens (tertiary/aromatic N) is 6. The molecule has 0 unspecified atom stereocenters. The Bertz CT molecular complexity index is 999. The third-order valence-corrected chi connectivity index (χ3v) is 3.81. The van der Waals surface area contributed by atoms with Crippen LogP contribution < -0.4 is 5.73 Å². The zero-order valence-electron chi connectivity index (χ0n) is 12.8. The molecule has 23 heavy (non-hydrogen) atoms. The Labute approximate surface area is 132 Å². The fraction of sp³-hybridized carbons (Fsp3) is 0.125. The number of aryl methyl sites for hydroxylation is 2. The molecule has 4 aromatic rings. The lowest BCUT2D eigenvalue weighted by Gasteiger charge is -2.06. The highest BCUT2D eigenvalue weighted by molar-refractivity contribution is 5.81. The van der Waals surface area contributed by atoms with Crippen LogP contribution in [0.15, 0.2) is 42.9 Å². The molecule has 0 atom stereocenters. The van der Waals surface area contributed by atoms with Crippen LogP contribution in [0.25, 0.3) is 28.4 Å². The molecule has 0 saturated carbocycles. The van der Waals surface area contributed by atoms with Gasteiger partial charge in [0.05, 0.1) is 5.56 Å². The first-order valence-corrected chi connectivity index (χ1v) is 7.20. The smallest absolute Gasteiger partial charge is 0.162 e. The van der Waals surface area contributed by atoms with E-state index in [9.17, 15) is 0 Å². The molecule has 7 heteroatoms. The van der Waals surface area contributed by atoms with Gasteiger partial charge in [0, 0.05) is 25.6 Å². The summed E-state index contributed by atoms with van der Waals surface area (Å²) in [5.74, 6) is 1.99. The van der Waals surface area contributed by atoms with E-state index in [0.29, 0.717) is 5.82 Å². The second kappa shape index (κ2) is 4.91. The van der Waals surface area contributed by atoms with Crippen molar-refractivity contribution in [3.63, 3.8) is 0 Å². The molecule has 4 heterocycles. The predicted octanol–water partition coefficient (Wildman–Crippen LogP) is 2.11. The van der Waals surface area contributed by atoms with Gasteiger partial charge in [-0.3, -0.25) is 0 Å². The van der Waals surface area contributed by atoms with Crippen LogP contribution in [-0.2, 0) is 7.05 Å². The van der Waals surface area contributed by atoms with Crippen LogP contribution >= 0.6 is 0 Å². The summed E-state index contributed by atoms with van der Waals surface area (Å²) in [7, 11) is 1.92. The molecule has 0 aliphatic heterocycles. The molecule has 114 valence electrons. The monoisotopic (exact) mass is 305 g/mol. The summed E-state index contributed by atoms with van der Waals surface area (Å²) in [6.45, 7) is 2.00. The topological polar surface area (TPSA) is 87.4 Å². The van der Waals surface area contributed by atoms with Crippen molar-refractivity contribution in [2.24, 2.45) is 7.05 Å². The molecular formula is C16H15N7. The fourth-order valence-electron chi connectivity index (χ4n) is 2.67. The molecule has 4 aromatic heterocycles. The van der Waals surface area contributed by atoms with Gasteiger partial charge >= 0.3 is 0 Å². The summed E-state index contributed by atoms with van der Waals surface area (Å²) in [5, 5.41) is 4.26. The fourth-order valence-corrected chi connectivity index (χ4v) is 2.67. The average Bonchev–Trinajstić information content (AvgIpc) is 3.16. The number of rotatable bonds is 2. The summed E-state index contributed by atoms with van der Waals surface area (Å²) in [6, 6.07) is 7.63. The van der Waals surface area contributed by atoms with E-state index in [2.05, 4.69) is 15.1 Å². The molecule has 0 saturated heterocycles. The lowest BCUT2D eigenvalue weighted by Crippen LogP contribution is -2.03. The quantitative estimate of drug-likeness (QED) is 0.613. The third-order valence-electron chi connectivity index (χ3n) is 3.81. The molecule has 0 aliphatic rings. The number of pyridine rings is 2. The number of hydrogen-bond acceptors (Lipinski definition) is 5. The second-order valence-electron chi connectivity index (χ2n) is 5.35. The first-order chi connectivity index (χ1) is 11.1. The Kier molecular flexibility index (Phi) is 2.87. The molecular weight excluding hydrogens is 290 g/mol. The highest BCUT2D eigenvalue weighted by Gasteiger charge is 2.16. The predicted molar refractivity (Wildman–Crippen MR) is 88.0 cm³/mol. The molecule has 0 bridgehead atoms. The summed E-state index contributed by atoms with van der Waals surface area (Å²) in [4.78, 5) is 13.5. The number of nitrogen functional groups attached to an aromatic ring is 1. The van der Waals surface area contributed by atoms with Crippen molar-refractivity contribution >= 4 is 17.0 Å². The number of anilines is 1. The van der Waals surface area contributed by atoms with E-state index in [0.717, 1.165) is 33.9 Å². The number of hydrogen-bond donors (Lipinski definition) is 1. The van der Waals surface area contributed by atoms with Gasteiger partial charge < -0.3 is 10.3 Å². The minimum atomic E-state index is 0.454. The van der Waals surface area contributed by atoms with Crippen molar-refractivity contribution in [1.29, 1.82) is 0 Å². The maximum absolute atomic E-state index is 5.98. The Hall–Kier alpha value is -3.22. The van der Waals surface area contributed by atoms with Gasteiger partial charge in [0.25, 0.3) is 0 Å². The van der Waals surface area contributed by atoms with E-state index >= 15 is 0 Å². The highest BCUT2D eigenvalue weighted by atomic mass is 15.3. The Balaban J connectivity index is 1.97. The third kappa shape index (κ3) is 2.05. The van der Waals surface area contributed by atoms with E-state index < -0.39 is 0 Å². The van der Waals surface area contributed by atoms with Gasteiger partial charge in [-0.05, 0) is 36.8 Å². The molecule has 0 amide bonds. The molecule has 2 N–H and O–H groups in total. The van der Waals surface area contributed by atoms with Gasteiger partial charge in [-0.2, -0.15) is 5.10 Å². The van der Waals surface area contributed by atoms with Crippen LogP contribution in [0.1, 0.15) is 5.56 Å². The minimum absolute atomic E-state index is 0.454. The van der Waals surface area contributed by atoms with Crippen LogP contribution in [0.5, 0.6) is 0 Å². The maximum atomic E-state index is 5.98. The number of imidazole rings is 1. The van der Waals surface area contributed by atoms with Crippen molar-refractivity contribution < 1.29 is 0 Å². The van der Waals surface area contributed by atoms with E-state index in [1.807, 2.05) is 49.0 Å². The minimum Gasteiger partial charge on any atom is -0.383 e. The zero-order chi connectivity index (χ0) is 16.0. The van der Waals surface area contributed by atoms with Crippen LogP contribution in [-0.4, -0.2) is 29.3 Å². The van der Waals surface area contributed by atoms with E-state index in [4.69, 9.17) is 10.7 Å². The molecule has 0 radical (unpaired) electrons. The van der Waals surface area contributed by atoms with Crippen molar-refractivity contribution in [2.75, 3.05) is 5.73 Å². The van der Waals surface area contributed by atoms with Crippen molar-refractivity contribution in [2.45, 2.75) is 6.92 Å². The molecule has 0 fully saturated rings. The Morgan fingerprint density at radius 2 is 2.00 bits per heavy atom. The number of aromatic nitrogens is 6. The second-order valence-corrected chi connectivity index (χ2v) is 5.35. The number of fused-ring (bicyclic) bond motifs is 1. The molecule has 0 aliphatic carbocycles. The standard InChI is InChI=1S/C16H15N7/c1-10-9-12-16(21-14(10)23-8-4-7-19-23)22(2)15(20-12)11-5-3-6-18-13(11)17/h3-9H,1-2H3,(H2,17,18). The highest BCUT2D eigenvalue weighted by Crippen LogP contribution is 2.27. The SMILES string of the molecule is Cc1cc2nc(-c3cccnc3N)n(C)c2nc1-n1cccn1. The first-order valence-electron chi connectivity index (χ1n) is 7.20. The summed E-state index contributed by atoms with van der Waals surface area (Å²) in [6.07, 6.45) is 5.27. The van der Waals surface area contributed by atoms with Gasteiger partial charge in [0.2, 0.25) is 0 Å². The van der Waals surface area contributed by atoms with Gasteiger partial charge in [0.1, 0.15) is 17.2 Å². The van der Waals surface area contributed by atoms with Crippen LogP contribution in [0, 0.1) is 6.92 Å². The van der Waals surface area contributed by atoms with Crippen molar-refractivity contribution in [3.8, 4) is 17.2 Å². The zero-order valence-corrected chi connectivity index (χ0v) is 12.8. The van der Waals surface area contributed by atoms with Crippen molar-refractivity contribution in [1.82, 2.24) is 29.3 Å². The normalized spacial score (nSPS) is 11.2. The molecule has 4 rings (SSSR count). The Morgan fingerprint density at radius 3 is 2.74 bits per heavy atom. The Morgan fingerprint density at radius 1 is 1.13 bits per heavy atom. The van der Waals surface area contributed by atoms with Gasteiger partial charge in [-0.15, -0.1) is 0 Å². The van der Waals surface area contributed by atoms with Gasteiger partial charge in [0.15, 0.2) is 11.5 Å².